The Labute approximate surface area is 129 Å². The van der Waals surface area contributed by atoms with Crippen LogP contribution in [0.4, 0.5) is 0 Å². The van der Waals surface area contributed by atoms with E-state index in [1.54, 1.807) is 11.8 Å². The van der Waals surface area contributed by atoms with Crippen molar-refractivity contribution in [2.75, 3.05) is 14.1 Å². The van der Waals surface area contributed by atoms with Gasteiger partial charge >= 0.3 is 0 Å². The molecule has 1 aliphatic rings. The molecule has 0 radical (unpaired) electrons. The SMILES string of the molecule is CN(C)C1=NN=C(c2ccccc2)C(c2ccccc2)S1. The van der Waals surface area contributed by atoms with Crippen molar-refractivity contribution in [3.05, 3.63) is 71.8 Å². The van der Waals surface area contributed by atoms with Crippen LogP contribution in [0.5, 0.6) is 0 Å². The van der Waals surface area contributed by atoms with Crippen LogP contribution in [0.1, 0.15) is 16.4 Å². The molecule has 0 fully saturated rings. The second kappa shape index (κ2) is 6.14. The summed E-state index contributed by atoms with van der Waals surface area (Å²) in [6.07, 6.45) is 0. The minimum absolute atomic E-state index is 0.170. The Morgan fingerprint density at radius 1 is 0.857 bits per heavy atom. The van der Waals surface area contributed by atoms with Gasteiger partial charge in [0.2, 0.25) is 0 Å². The fourth-order valence-corrected chi connectivity index (χ4v) is 3.30. The van der Waals surface area contributed by atoms with Crippen LogP contribution < -0.4 is 0 Å². The van der Waals surface area contributed by atoms with Gasteiger partial charge in [-0.2, -0.15) is 5.10 Å². The van der Waals surface area contributed by atoms with Gasteiger partial charge < -0.3 is 4.90 Å². The van der Waals surface area contributed by atoms with Crippen LogP contribution in [0.15, 0.2) is 70.9 Å². The van der Waals surface area contributed by atoms with Crippen molar-refractivity contribution >= 4 is 22.6 Å². The molecule has 0 bridgehead atoms. The molecule has 0 saturated carbocycles. The second-order valence-corrected chi connectivity index (χ2v) is 6.11. The molecule has 1 heterocycles. The molecule has 21 heavy (non-hydrogen) atoms. The minimum Gasteiger partial charge on any atom is -0.356 e. The first-order chi connectivity index (χ1) is 10.3. The van der Waals surface area contributed by atoms with Gasteiger partial charge in [-0.15, -0.1) is 5.10 Å². The highest BCUT2D eigenvalue weighted by Crippen LogP contribution is 2.36. The van der Waals surface area contributed by atoms with Gasteiger partial charge in [0.15, 0.2) is 5.17 Å². The zero-order valence-corrected chi connectivity index (χ0v) is 12.9. The highest BCUT2D eigenvalue weighted by atomic mass is 32.2. The lowest BCUT2D eigenvalue weighted by molar-refractivity contribution is 0.632. The summed E-state index contributed by atoms with van der Waals surface area (Å²) in [7, 11) is 3.99. The van der Waals surface area contributed by atoms with Crippen molar-refractivity contribution in [1.29, 1.82) is 0 Å². The van der Waals surface area contributed by atoms with Gasteiger partial charge in [0.05, 0.1) is 11.0 Å². The fourth-order valence-electron chi connectivity index (χ4n) is 2.20. The van der Waals surface area contributed by atoms with Gasteiger partial charge in [-0.1, -0.05) is 72.4 Å². The van der Waals surface area contributed by atoms with E-state index >= 15 is 0 Å². The van der Waals surface area contributed by atoms with Crippen LogP contribution in [0, 0.1) is 0 Å². The number of rotatable bonds is 2. The quantitative estimate of drug-likeness (QED) is 0.843. The van der Waals surface area contributed by atoms with E-state index in [4.69, 9.17) is 0 Å². The summed E-state index contributed by atoms with van der Waals surface area (Å²) in [4.78, 5) is 2.01. The minimum atomic E-state index is 0.170. The number of benzene rings is 2. The highest BCUT2D eigenvalue weighted by molar-refractivity contribution is 8.14. The van der Waals surface area contributed by atoms with Crippen molar-refractivity contribution in [3.63, 3.8) is 0 Å². The second-order valence-electron chi connectivity index (χ2n) is 5.04. The summed E-state index contributed by atoms with van der Waals surface area (Å²) in [6.45, 7) is 0. The molecule has 1 unspecified atom stereocenters. The zero-order chi connectivity index (χ0) is 14.7. The van der Waals surface area contributed by atoms with Gasteiger partial charge in [0, 0.05) is 14.1 Å². The third kappa shape index (κ3) is 3.00. The topological polar surface area (TPSA) is 28.0 Å². The molecule has 3 nitrogen and oxygen atoms in total. The van der Waals surface area contributed by atoms with Crippen LogP contribution in [0.2, 0.25) is 0 Å². The molecule has 0 aromatic heterocycles. The third-order valence-electron chi connectivity index (χ3n) is 3.27. The number of thioether (sulfide) groups is 1. The first-order valence-corrected chi connectivity index (χ1v) is 7.73. The first kappa shape index (κ1) is 13.9. The molecule has 1 atom stereocenters. The van der Waals surface area contributed by atoms with Crippen molar-refractivity contribution in [3.8, 4) is 0 Å². The molecule has 2 aromatic rings. The predicted octanol–water partition coefficient (Wildman–Crippen LogP) is 3.80. The molecule has 0 aliphatic carbocycles. The van der Waals surface area contributed by atoms with E-state index in [0.29, 0.717) is 0 Å². The Morgan fingerprint density at radius 2 is 1.48 bits per heavy atom. The van der Waals surface area contributed by atoms with Crippen LogP contribution in [0.25, 0.3) is 0 Å². The maximum Gasteiger partial charge on any atom is 0.186 e. The van der Waals surface area contributed by atoms with Crippen molar-refractivity contribution in [2.45, 2.75) is 5.25 Å². The molecule has 0 spiro atoms. The lowest BCUT2D eigenvalue weighted by Gasteiger charge is -2.25. The van der Waals surface area contributed by atoms with Crippen LogP contribution in [-0.2, 0) is 0 Å². The Morgan fingerprint density at radius 3 is 2.10 bits per heavy atom. The van der Waals surface area contributed by atoms with Gasteiger partial charge in [0.1, 0.15) is 0 Å². The summed E-state index contributed by atoms with van der Waals surface area (Å²) in [6, 6.07) is 20.7. The van der Waals surface area contributed by atoms with Crippen molar-refractivity contribution in [2.24, 2.45) is 10.2 Å². The van der Waals surface area contributed by atoms with Crippen LogP contribution >= 0.6 is 11.8 Å². The smallest absolute Gasteiger partial charge is 0.186 e. The average Bonchev–Trinajstić information content (AvgIpc) is 2.56. The molecule has 4 heteroatoms. The molecular formula is C17H17N3S. The summed E-state index contributed by atoms with van der Waals surface area (Å²) in [5.41, 5.74) is 3.39. The van der Waals surface area contributed by atoms with Gasteiger partial charge in [0.25, 0.3) is 0 Å². The standard InChI is InChI=1S/C17H17N3S/c1-20(2)17-19-18-15(13-9-5-3-6-10-13)16(21-17)14-11-7-4-8-12-14/h3-12,16H,1-2H3. The molecule has 0 amide bonds. The maximum atomic E-state index is 4.50. The largest absolute Gasteiger partial charge is 0.356 e. The van der Waals surface area contributed by atoms with E-state index in [0.717, 1.165) is 16.4 Å². The molecule has 106 valence electrons. The molecule has 0 N–H and O–H groups in total. The van der Waals surface area contributed by atoms with Crippen molar-refractivity contribution in [1.82, 2.24) is 4.90 Å². The summed E-state index contributed by atoms with van der Waals surface area (Å²) >= 11 is 1.74. The van der Waals surface area contributed by atoms with E-state index in [1.807, 2.05) is 43.3 Å². The third-order valence-corrected chi connectivity index (χ3v) is 4.66. The normalized spacial score (nSPS) is 17.9. The molecule has 2 aromatic carbocycles. The summed E-state index contributed by atoms with van der Waals surface area (Å²) < 4.78 is 0. The zero-order valence-electron chi connectivity index (χ0n) is 12.1. The van der Waals surface area contributed by atoms with Crippen molar-refractivity contribution < 1.29 is 0 Å². The van der Waals surface area contributed by atoms with Gasteiger partial charge in [-0.05, 0) is 11.1 Å². The molecule has 0 saturated heterocycles. The van der Waals surface area contributed by atoms with Crippen LogP contribution in [-0.4, -0.2) is 29.9 Å². The lowest BCUT2D eigenvalue weighted by Crippen LogP contribution is -2.25. The number of hydrogen-bond donors (Lipinski definition) is 0. The number of hydrogen-bond acceptors (Lipinski definition) is 4. The monoisotopic (exact) mass is 295 g/mol. The molecule has 1 aliphatic heterocycles. The molecular weight excluding hydrogens is 278 g/mol. The Bertz CT molecular complexity index is 663. The maximum absolute atomic E-state index is 4.50. The predicted molar refractivity (Wildman–Crippen MR) is 90.9 cm³/mol. The first-order valence-electron chi connectivity index (χ1n) is 6.85. The van der Waals surface area contributed by atoms with E-state index in [9.17, 15) is 0 Å². The van der Waals surface area contributed by atoms with Crippen LogP contribution in [0.3, 0.4) is 0 Å². The van der Waals surface area contributed by atoms with Gasteiger partial charge in [-0.3, -0.25) is 0 Å². The fraction of sp³-hybridized carbons (Fsp3) is 0.176. The van der Waals surface area contributed by atoms with E-state index < -0.39 is 0 Å². The average molecular weight is 295 g/mol. The highest BCUT2D eigenvalue weighted by Gasteiger charge is 2.27. The van der Waals surface area contributed by atoms with Gasteiger partial charge in [-0.25, -0.2) is 0 Å². The Hall–Kier alpha value is -2.07. The Balaban J connectivity index is 2.04. The number of nitrogens with zero attached hydrogens (tertiary/aromatic N) is 3. The Kier molecular flexibility index (Phi) is 4.06. The number of amidine groups is 1. The van der Waals surface area contributed by atoms with E-state index in [1.165, 1.54) is 5.56 Å². The lowest BCUT2D eigenvalue weighted by atomic mass is 10.0. The summed E-state index contributed by atoms with van der Waals surface area (Å²) in [5, 5.41) is 9.96. The van der Waals surface area contributed by atoms with E-state index in [2.05, 4.69) is 46.6 Å². The van der Waals surface area contributed by atoms with E-state index in [-0.39, 0.29) is 5.25 Å². The summed E-state index contributed by atoms with van der Waals surface area (Å²) in [5.74, 6) is 0. The molecule has 3 rings (SSSR count).